The van der Waals surface area contributed by atoms with E-state index in [-0.39, 0.29) is 29.5 Å². The van der Waals surface area contributed by atoms with Crippen molar-refractivity contribution in [2.75, 3.05) is 36.9 Å². The molecule has 2 aromatic rings. The quantitative estimate of drug-likeness (QED) is 0.743. The molecular weight excluding hydrogens is 409 g/mol. The maximum atomic E-state index is 13.3. The molecule has 0 spiro atoms. The Bertz CT molecular complexity index is 973. The van der Waals surface area contributed by atoms with Crippen LogP contribution in [0.15, 0.2) is 30.3 Å². The van der Waals surface area contributed by atoms with Gasteiger partial charge in [-0.3, -0.25) is 9.59 Å². The number of aromatic nitrogens is 2. The first-order valence-electron chi connectivity index (χ1n) is 11.4. The molecule has 2 amide bonds. The summed E-state index contributed by atoms with van der Waals surface area (Å²) in [4.78, 5) is 38.1. The van der Waals surface area contributed by atoms with Crippen molar-refractivity contribution in [3.63, 3.8) is 0 Å². The van der Waals surface area contributed by atoms with Gasteiger partial charge in [0.25, 0.3) is 0 Å². The number of nitrogens with zero attached hydrogens (tertiary/aromatic N) is 4. The zero-order chi connectivity index (χ0) is 22.7. The van der Waals surface area contributed by atoms with Gasteiger partial charge in [0, 0.05) is 63.1 Å². The van der Waals surface area contributed by atoms with Crippen LogP contribution in [-0.4, -0.2) is 53.4 Å². The summed E-state index contributed by atoms with van der Waals surface area (Å²) in [5.74, 6) is 1.57. The maximum Gasteiger partial charge on any atom is 0.227 e. The summed E-state index contributed by atoms with van der Waals surface area (Å²) < 4.78 is 13.3. The zero-order valence-electron chi connectivity index (χ0n) is 18.7. The molecule has 2 fully saturated rings. The van der Waals surface area contributed by atoms with Crippen LogP contribution in [0, 0.1) is 5.82 Å². The summed E-state index contributed by atoms with van der Waals surface area (Å²) >= 11 is 0. The molecule has 4 rings (SSSR count). The van der Waals surface area contributed by atoms with E-state index in [4.69, 9.17) is 9.97 Å². The zero-order valence-corrected chi connectivity index (χ0v) is 18.7. The van der Waals surface area contributed by atoms with Crippen molar-refractivity contribution >= 4 is 23.3 Å². The molecule has 1 N–H and O–H groups in total. The first kappa shape index (κ1) is 22.2. The number of halogens is 1. The first-order valence-corrected chi connectivity index (χ1v) is 11.4. The lowest BCUT2D eigenvalue weighted by Crippen LogP contribution is -2.38. The highest BCUT2D eigenvalue weighted by atomic mass is 19.1. The smallest absolute Gasteiger partial charge is 0.227 e. The highest BCUT2D eigenvalue weighted by molar-refractivity contribution is 5.96. The lowest BCUT2D eigenvalue weighted by Gasteiger charge is -2.31. The molecule has 0 radical (unpaired) electrons. The number of rotatable bonds is 6. The number of anilines is 2. The summed E-state index contributed by atoms with van der Waals surface area (Å²) in [5.41, 5.74) is 1.55. The van der Waals surface area contributed by atoms with Crippen LogP contribution >= 0.6 is 0 Å². The Morgan fingerprint density at radius 2 is 1.88 bits per heavy atom. The Labute approximate surface area is 188 Å². The van der Waals surface area contributed by atoms with Crippen molar-refractivity contribution in [1.29, 1.82) is 0 Å². The van der Waals surface area contributed by atoms with Crippen LogP contribution < -0.4 is 10.2 Å². The molecule has 0 unspecified atom stereocenters. The van der Waals surface area contributed by atoms with Crippen molar-refractivity contribution in [2.45, 2.75) is 50.9 Å². The Kier molecular flexibility index (Phi) is 6.67. The normalized spacial score (nSPS) is 19.5. The van der Waals surface area contributed by atoms with Gasteiger partial charge in [-0.1, -0.05) is 6.92 Å². The van der Waals surface area contributed by atoms with Crippen LogP contribution in [0.3, 0.4) is 0 Å². The second kappa shape index (κ2) is 9.63. The highest BCUT2D eigenvalue weighted by Crippen LogP contribution is 2.34. The molecule has 0 aliphatic carbocycles. The second-order valence-electron chi connectivity index (χ2n) is 8.57. The van der Waals surface area contributed by atoms with Crippen LogP contribution in [0.1, 0.15) is 62.4 Å². The Morgan fingerprint density at radius 1 is 1.16 bits per heavy atom. The number of hydrogen-bond acceptors (Lipinski definition) is 5. The summed E-state index contributed by atoms with van der Waals surface area (Å²) in [6, 6.07) is 7.92. The molecule has 1 atom stereocenters. The Morgan fingerprint density at radius 3 is 2.53 bits per heavy atom. The number of carbonyl (C=O) groups is 2. The maximum absolute atomic E-state index is 13.3. The first-order chi connectivity index (χ1) is 15.5. The molecule has 8 heteroatoms. The minimum atomic E-state index is -0.321. The van der Waals surface area contributed by atoms with Crippen LogP contribution in [0.4, 0.5) is 15.9 Å². The molecule has 0 bridgehead atoms. The summed E-state index contributed by atoms with van der Waals surface area (Å²) in [7, 11) is 1.83. The summed E-state index contributed by atoms with van der Waals surface area (Å²) in [6.07, 6.45) is 3.51. The number of likely N-dealkylation sites (tertiary alicyclic amines) is 1. The molecule has 3 heterocycles. The van der Waals surface area contributed by atoms with E-state index in [0.717, 1.165) is 49.7 Å². The summed E-state index contributed by atoms with van der Waals surface area (Å²) in [6.45, 7) is 3.99. The molecule has 1 aromatic heterocycles. The van der Waals surface area contributed by atoms with E-state index in [1.807, 2.05) is 24.9 Å². The van der Waals surface area contributed by atoms with Crippen LogP contribution in [0.5, 0.6) is 0 Å². The Hall–Kier alpha value is -3.03. The van der Waals surface area contributed by atoms with Gasteiger partial charge in [-0.15, -0.1) is 0 Å². The van der Waals surface area contributed by atoms with Gasteiger partial charge in [0.15, 0.2) is 0 Å². The molecule has 170 valence electrons. The van der Waals surface area contributed by atoms with E-state index < -0.39 is 0 Å². The number of hydrogen-bond donors (Lipinski definition) is 1. The van der Waals surface area contributed by atoms with Gasteiger partial charge in [-0.05, 0) is 43.5 Å². The average molecular weight is 440 g/mol. The SMILES string of the molecule is CCCC(=O)N1CCC(c2nc(NC)cc([C@@H]3CC(=O)N(c4ccc(F)cc4)C3)n2)CC1. The van der Waals surface area contributed by atoms with Crippen molar-refractivity contribution in [1.82, 2.24) is 14.9 Å². The fourth-order valence-corrected chi connectivity index (χ4v) is 4.54. The Balaban J connectivity index is 1.50. The lowest BCUT2D eigenvalue weighted by atomic mass is 9.95. The van der Waals surface area contributed by atoms with Gasteiger partial charge in [-0.25, -0.2) is 14.4 Å². The fourth-order valence-electron chi connectivity index (χ4n) is 4.54. The van der Waals surface area contributed by atoms with Crippen LogP contribution in [0.2, 0.25) is 0 Å². The molecule has 7 nitrogen and oxygen atoms in total. The molecule has 2 aliphatic rings. The number of benzene rings is 1. The molecule has 0 saturated carbocycles. The molecular formula is C24H30FN5O2. The van der Waals surface area contributed by atoms with Crippen molar-refractivity contribution < 1.29 is 14.0 Å². The van der Waals surface area contributed by atoms with E-state index in [1.54, 1.807) is 17.0 Å². The van der Waals surface area contributed by atoms with Gasteiger partial charge < -0.3 is 15.1 Å². The largest absolute Gasteiger partial charge is 0.373 e. The lowest BCUT2D eigenvalue weighted by molar-refractivity contribution is -0.132. The van der Waals surface area contributed by atoms with Crippen molar-refractivity contribution in [3.8, 4) is 0 Å². The van der Waals surface area contributed by atoms with Gasteiger partial charge in [0.05, 0.1) is 5.69 Å². The van der Waals surface area contributed by atoms with Crippen LogP contribution in [-0.2, 0) is 9.59 Å². The van der Waals surface area contributed by atoms with Crippen molar-refractivity contribution in [3.05, 3.63) is 47.7 Å². The topological polar surface area (TPSA) is 78.4 Å². The van der Waals surface area contributed by atoms with E-state index in [2.05, 4.69) is 5.32 Å². The third-order valence-electron chi connectivity index (χ3n) is 6.38. The number of amides is 2. The third-order valence-corrected chi connectivity index (χ3v) is 6.38. The minimum Gasteiger partial charge on any atom is -0.373 e. The van der Waals surface area contributed by atoms with Gasteiger partial charge in [-0.2, -0.15) is 0 Å². The predicted octanol–water partition coefficient (Wildman–Crippen LogP) is 3.68. The van der Waals surface area contributed by atoms with Crippen LogP contribution in [0.25, 0.3) is 0 Å². The van der Waals surface area contributed by atoms with E-state index in [1.165, 1.54) is 12.1 Å². The van der Waals surface area contributed by atoms with E-state index >= 15 is 0 Å². The van der Waals surface area contributed by atoms with E-state index in [9.17, 15) is 14.0 Å². The van der Waals surface area contributed by atoms with Gasteiger partial charge in [0.1, 0.15) is 17.5 Å². The van der Waals surface area contributed by atoms with Gasteiger partial charge in [0.2, 0.25) is 11.8 Å². The monoisotopic (exact) mass is 439 g/mol. The molecule has 1 aromatic carbocycles. The standard InChI is InChI=1S/C24H30FN5O2/c1-3-4-22(31)29-11-9-16(10-12-29)24-27-20(14-21(26-2)28-24)17-13-23(32)30(15-17)19-7-5-18(25)6-8-19/h5-8,14,16-17H,3-4,9-13,15H2,1-2H3,(H,26,27,28)/t17-/m1/s1. The number of carbonyl (C=O) groups excluding carboxylic acids is 2. The fraction of sp³-hybridized carbons (Fsp3) is 0.500. The summed E-state index contributed by atoms with van der Waals surface area (Å²) in [5, 5.41) is 3.12. The average Bonchev–Trinajstić information content (AvgIpc) is 3.21. The third kappa shape index (κ3) is 4.74. The molecule has 2 saturated heterocycles. The highest BCUT2D eigenvalue weighted by Gasteiger charge is 2.34. The predicted molar refractivity (Wildman–Crippen MR) is 121 cm³/mol. The van der Waals surface area contributed by atoms with E-state index in [0.29, 0.717) is 25.1 Å². The number of nitrogens with one attached hydrogen (secondary N) is 1. The van der Waals surface area contributed by atoms with Crippen molar-refractivity contribution in [2.24, 2.45) is 0 Å². The molecule has 32 heavy (non-hydrogen) atoms. The number of piperidine rings is 1. The van der Waals surface area contributed by atoms with Gasteiger partial charge >= 0.3 is 0 Å². The molecule has 2 aliphatic heterocycles. The second-order valence-corrected chi connectivity index (χ2v) is 8.57. The minimum absolute atomic E-state index is 0.00974.